The zero-order valence-corrected chi connectivity index (χ0v) is 20.6. The third-order valence-corrected chi connectivity index (χ3v) is 5.48. The summed E-state index contributed by atoms with van der Waals surface area (Å²) < 4.78 is 11.2. The molecule has 0 aliphatic carbocycles. The van der Waals surface area contributed by atoms with Crippen LogP contribution in [0.1, 0.15) is 18.4 Å². The van der Waals surface area contributed by atoms with Crippen LogP contribution in [-0.2, 0) is 20.7 Å². The van der Waals surface area contributed by atoms with Gasteiger partial charge in [-0.2, -0.15) is 0 Å². The molecule has 2 saturated heterocycles. The first-order chi connectivity index (χ1) is 14.2. The first-order valence-electron chi connectivity index (χ1n) is 10.3. The average molecular weight is 551 g/mol. The van der Waals surface area contributed by atoms with E-state index in [1.807, 2.05) is 29.2 Å². The highest BCUT2D eigenvalue weighted by molar-refractivity contribution is 14.0. The summed E-state index contributed by atoms with van der Waals surface area (Å²) in [4.78, 5) is 21.0. The number of guanidine groups is 1. The van der Waals surface area contributed by atoms with Crippen molar-refractivity contribution in [1.82, 2.24) is 15.1 Å². The van der Waals surface area contributed by atoms with Gasteiger partial charge in [-0.3, -0.25) is 9.79 Å². The van der Waals surface area contributed by atoms with Crippen molar-refractivity contribution >= 4 is 47.4 Å². The van der Waals surface area contributed by atoms with E-state index in [4.69, 9.17) is 21.1 Å². The van der Waals surface area contributed by atoms with Crippen LogP contribution in [0.5, 0.6) is 0 Å². The molecule has 168 valence electrons. The monoisotopic (exact) mass is 550 g/mol. The molecule has 2 aliphatic heterocycles. The van der Waals surface area contributed by atoms with E-state index in [1.54, 1.807) is 7.05 Å². The fourth-order valence-electron chi connectivity index (χ4n) is 3.66. The van der Waals surface area contributed by atoms with Crippen molar-refractivity contribution in [2.75, 3.05) is 59.6 Å². The topological polar surface area (TPSA) is 66.4 Å². The molecule has 30 heavy (non-hydrogen) atoms. The lowest BCUT2D eigenvalue weighted by atomic mass is 10.1. The fraction of sp³-hybridized carbons (Fsp3) is 0.619. The standard InChI is InChI=1S/C21H31ClN4O3.HI/c1-23-21(24-7-13-28-16-19-6-3-12-29-19)26-10-8-25(9-11-26)20(27)15-17-4-2-5-18(22)14-17;/h2,4-5,14,19H,3,6-13,15-16H2,1H3,(H,23,24);1H. The van der Waals surface area contributed by atoms with Gasteiger partial charge in [0, 0.05) is 51.4 Å². The lowest BCUT2D eigenvalue weighted by molar-refractivity contribution is -0.131. The maximum absolute atomic E-state index is 12.6. The third kappa shape index (κ3) is 7.86. The summed E-state index contributed by atoms with van der Waals surface area (Å²) in [5.74, 6) is 0.991. The quantitative estimate of drug-likeness (QED) is 0.245. The molecule has 3 rings (SSSR count). The van der Waals surface area contributed by atoms with Crippen molar-refractivity contribution in [2.24, 2.45) is 4.99 Å². The van der Waals surface area contributed by atoms with Crippen LogP contribution in [0.15, 0.2) is 29.3 Å². The Bertz CT molecular complexity index is 693. The Labute approximate surface area is 201 Å². The summed E-state index contributed by atoms with van der Waals surface area (Å²) in [6.07, 6.45) is 2.86. The van der Waals surface area contributed by atoms with Crippen molar-refractivity contribution in [3.8, 4) is 0 Å². The number of carbonyl (C=O) groups is 1. The largest absolute Gasteiger partial charge is 0.377 e. The van der Waals surface area contributed by atoms with Gasteiger partial charge in [0.2, 0.25) is 5.91 Å². The highest BCUT2D eigenvalue weighted by Crippen LogP contribution is 2.13. The molecule has 1 N–H and O–H groups in total. The van der Waals surface area contributed by atoms with E-state index in [2.05, 4.69) is 15.2 Å². The highest BCUT2D eigenvalue weighted by atomic mass is 127. The first-order valence-corrected chi connectivity index (χ1v) is 10.7. The van der Waals surface area contributed by atoms with E-state index in [0.29, 0.717) is 44.3 Å². The number of nitrogens with zero attached hydrogens (tertiary/aromatic N) is 3. The Kier molecular flexibility index (Phi) is 11.2. The van der Waals surface area contributed by atoms with Gasteiger partial charge in [-0.25, -0.2) is 0 Å². The molecule has 0 bridgehead atoms. The molecule has 1 aromatic carbocycles. The fourth-order valence-corrected chi connectivity index (χ4v) is 3.87. The Morgan fingerprint density at radius 1 is 1.30 bits per heavy atom. The molecule has 0 spiro atoms. The van der Waals surface area contributed by atoms with Gasteiger partial charge in [0.1, 0.15) is 0 Å². The van der Waals surface area contributed by atoms with E-state index < -0.39 is 0 Å². The number of nitrogens with one attached hydrogen (secondary N) is 1. The van der Waals surface area contributed by atoms with Crippen molar-refractivity contribution in [3.63, 3.8) is 0 Å². The minimum absolute atomic E-state index is 0. The predicted molar refractivity (Wildman–Crippen MR) is 130 cm³/mol. The van der Waals surface area contributed by atoms with Crippen molar-refractivity contribution in [1.29, 1.82) is 0 Å². The molecule has 1 amide bonds. The third-order valence-electron chi connectivity index (χ3n) is 5.25. The minimum Gasteiger partial charge on any atom is -0.377 e. The van der Waals surface area contributed by atoms with Crippen LogP contribution in [0.2, 0.25) is 5.02 Å². The Morgan fingerprint density at radius 3 is 2.73 bits per heavy atom. The molecule has 0 saturated carbocycles. The minimum atomic E-state index is 0. The molecule has 7 nitrogen and oxygen atoms in total. The molecule has 9 heteroatoms. The number of piperazine rings is 1. The van der Waals surface area contributed by atoms with E-state index in [-0.39, 0.29) is 36.0 Å². The lowest BCUT2D eigenvalue weighted by Crippen LogP contribution is -2.54. The summed E-state index contributed by atoms with van der Waals surface area (Å²) in [7, 11) is 1.78. The van der Waals surface area contributed by atoms with Gasteiger partial charge in [-0.05, 0) is 30.5 Å². The van der Waals surface area contributed by atoms with Gasteiger partial charge in [-0.15, -0.1) is 24.0 Å². The number of benzene rings is 1. The molecule has 0 aromatic heterocycles. The summed E-state index contributed by atoms with van der Waals surface area (Å²) in [6, 6.07) is 7.48. The number of aliphatic imine (C=N–C) groups is 1. The summed E-state index contributed by atoms with van der Waals surface area (Å²) >= 11 is 6.01. The number of hydrogen-bond acceptors (Lipinski definition) is 4. The van der Waals surface area contributed by atoms with E-state index in [1.165, 1.54) is 0 Å². The molecule has 2 fully saturated rings. The average Bonchev–Trinajstić information content (AvgIpc) is 3.24. The normalized spacial score (nSPS) is 19.5. The van der Waals surface area contributed by atoms with Gasteiger partial charge >= 0.3 is 0 Å². The smallest absolute Gasteiger partial charge is 0.227 e. The van der Waals surface area contributed by atoms with Gasteiger partial charge < -0.3 is 24.6 Å². The van der Waals surface area contributed by atoms with Crippen LogP contribution in [0.4, 0.5) is 0 Å². The number of ether oxygens (including phenoxy) is 2. The lowest BCUT2D eigenvalue weighted by Gasteiger charge is -2.36. The van der Waals surface area contributed by atoms with E-state index in [0.717, 1.165) is 44.1 Å². The van der Waals surface area contributed by atoms with Gasteiger partial charge in [0.25, 0.3) is 0 Å². The summed E-state index contributed by atoms with van der Waals surface area (Å²) in [6.45, 7) is 5.74. The Morgan fingerprint density at radius 2 is 2.07 bits per heavy atom. The van der Waals surface area contributed by atoms with Crippen LogP contribution in [0.3, 0.4) is 0 Å². The van der Waals surface area contributed by atoms with Gasteiger partial charge in [0.15, 0.2) is 5.96 Å². The maximum atomic E-state index is 12.6. The molecule has 0 radical (unpaired) electrons. The number of halogens is 2. The molecule has 1 unspecified atom stereocenters. The number of amides is 1. The van der Waals surface area contributed by atoms with Crippen LogP contribution in [0.25, 0.3) is 0 Å². The van der Waals surface area contributed by atoms with Crippen LogP contribution >= 0.6 is 35.6 Å². The zero-order chi connectivity index (χ0) is 20.5. The second-order valence-corrected chi connectivity index (χ2v) is 7.79. The summed E-state index contributed by atoms with van der Waals surface area (Å²) in [5.41, 5.74) is 0.949. The SMILES string of the molecule is CN=C(NCCOCC1CCCO1)N1CCN(C(=O)Cc2cccc(Cl)c2)CC1.I. The van der Waals surface area contributed by atoms with E-state index >= 15 is 0 Å². The van der Waals surface area contributed by atoms with Crippen LogP contribution in [0, 0.1) is 0 Å². The number of hydrogen-bond donors (Lipinski definition) is 1. The summed E-state index contributed by atoms with van der Waals surface area (Å²) in [5, 5.41) is 4.01. The molecule has 2 heterocycles. The Hall–Kier alpha value is -1.10. The van der Waals surface area contributed by atoms with Crippen LogP contribution < -0.4 is 5.32 Å². The van der Waals surface area contributed by atoms with Crippen LogP contribution in [-0.4, -0.2) is 87.4 Å². The Balaban J connectivity index is 0.00000320. The van der Waals surface area contributed by atoms with Gasteiger partial charge in [0.05, 0.1) is 25.7 Å². The highest BCUT2D eigenvalue weighted by Gasteiger charge is 2.23. The molecule has 1 aromatic rings. The maximum Gasteiger partial charge on any atom is 0.227 e. The molecule has 2 aliphatic rings. The second-order valence-electron chi connectivity index (χ2n) is 7.36. The van der Waals surface area contributed by atoms with Gasteiger partial charge in [-0.1, -0.05) is 23.7 Å². The zero-order valence-electron chi connectivity index (χ0n) is 17.5. The molecular weight excluding hydrogens is 519 g/mol. The second kappa shape index (κ2) is 13.3. The first kappa shape index (κ1) is 25.2. The number of rotatable bonds is 7. The number of carbonyl (C=O) groups excluding carboxylic acids is 1. The van der Waals surface area contributed by atoms with Crippen molar-refractivity contribution in [2.45, 2.75) is 25.4 Å². The van der Waals surface area contributed by atoms with Crippen molar-refractivity contribution in [3.05, 3.63) is 34.9 Å². The molecule has 1 atom stereocenters. The van der Waals surface area contributed by atoms with Crippen molar-refractivity contribution < 1.29 is 14.3 Å². The predicted octanol–water partition coefficient (Wildman–Crippen LogP) is 2.42. The molecular formula is C21H32ClIN4O3. The van der Waals surface area contributed by atoms with E-state index in [9.17, 15) is 4.79 Å².